The molecule has 0 aliphatic heterocycles. The predicted molar refractivity (Wildman–Crippen MR) is 94.0 cm³/mol. The molecule has 3 saturated carbocycles. The Labute approximate surface area is 151 Å². The van der Waals surface area contributed by atoms with Gasteiger partial charge in [-0.2, -0.15) is 0 Å². The molecule has 4 unspecified atom stereocenters. The molecular formula is C20H32O5. The van der Waals surface area contributed by atoms with E-state index < -0.39 is 5.60 Å². The van der Waals surface area contributed by atoms with E-state index in [4.69, 9.17) is 18.9 Å². The lowest BCUT2D eigenvalue weighted by molar-refractivity contribution is -0.253. The molecule has 5 nitrogen and oxygen atoms in total. The minimum Gasteiger partial charge on any atom is -0.456 e. The van der Waals surface area contributed by atoms with E-state index in [-0.39, 0.29) is 23.8 Å². The van der Waals surface area contributed by atoms with Gasteiger partial charge in [0.2, 0.25) is 0 Å². The highest BCUT2D eigenvalue weighted by Gasteiger charge is 2.75. The molecule has 3 aliphatic rings. The van der Waals surface area contributed by atoms with Gasteiger partial charge in [0.25, 0.3) is 0 Å². The Balaban J connectivity index is 1.84. The number of methoxy groups -OCH3 is 1. The van der Waals surface area contributed by atoms with Crippen molar-refractivity contribution in [2.45, 2.75) is 63.6 Å². The fourth-order valence-electron chi connectivity index (χ4n) is 6.39. The Morgan fingerprint density at radius 2 is 2.00 bits per heavy atom. The maximum absolute atomic E-state index is 12.0. The van der Waals surface area contributed by atoms with Gasteiger partial charge >= 0.3 is 5.97 Å². The molecule has 0 heterocycles. The number of carbonyl (C=O) groups excluding carboxylic acids is 1. The standard InChI is InChI=1S/C20H32O5/c1-5-17(21)25-18(2,3)19-9-6-10-20(19,16-8-7-15(19)13-16)24-14-23-12-11-22-4/h5,15-16H,1,6-14H2,2-4H3. The second kappa shape index (κ2) is 7.01. The van der Waals surface area contributed by atoms with Crippen LogP contribution in [0.3, 0.4) is 0 Å². The third-order valence-electron chi connectivity index (χ3n) is 7.09. The number of fused-ring (bicyclic) bond motifs is 5. The summed E-state index contributed by atoms with van der Waals surface area (Å²) in [4.78, 5) is 12.0. The van der Waals surface area contributed by atoms with Gasteiger partial charge in [-0.25, -0.2) is 4.79 Å². The third-order valence-corrected chi connectivity index (χ3v) is 7.09. The lowest BCUT2D eigenvalue weighted by Gasteiger charge is -2.55. The van der Waals surface area contributed by atoms with Crippen LogP contribution in [0.4, 0.5) is 0 Å². The van der Waals surface area contributed by atoms with Gasteiger partial charge in [0.05, 0.1) is 18.8 Å². The van der Waals surface area contributed by atoms with Crippen molar-refractivity contribution >= 4 is 5.97 Å². The zero-order chi connectivity index (χ0) is 18.1. The second-order valence-electron chi connectivity index (χ2n) is 8.22. The van der Waals surface area contributed by atoms with Crippen molar-refractivity contribution < 1.29 is 23.7 Å². The van der Waals surface area contributed by atoms with Crippen LogP contribution < -0.4 is 0 Å². The molecule has 0 saturated heterocycles. The number of esters is 1. The highest BCUT2D eigenvalue weighted by molar-refractivity contribution is 5.81. The molecule has 4 atom stereocenters. The van der Waals surface area contributed by atoms with Gasteiger partial charge in [-0.3, -0.25) is 0 Å². The van der Waals surface area contributed by atoms with Crippen LogP contribution in [-0.2, 0) is 23.7 Å². The van der Waals surface area contributed by atoms with Crippen molar-refractivity contribution in [3.8, 4) is 0 Å². The zero-order valence-electron chi connectivity index (χ0n) is 15.8. The molecular weight excluding hydrogens is 320 g/mol. The Morgan fingerprint density at radius 3 is 2.72 bits per heavy atom. The first-order valence-electron chi connectivity index (χ1n) is 9.49. The molecule has 0 aromatic heterocycles. The van der Waals surface area contributed by atoms with Crippen molar-refractivity contribution in [3.05, 3.63) is 12.7 Å². The van der Waals surface area contributed by atoms with E-state index in [1.807, 2.05) is 0 Å². The maximum Gasteiger partial charge on any atom is 0.330 e. The average Bonchev–Trinajstić information content (AvgIpc) is 3.25. The summed E-state index contributed by atoms with van der Waals surface area (Å²) in [7, 11) is 1.66. The number of carbonyl (C=O) groups is 1. The maximum atomic E-state index is 12.0. The molecule has 5 heteroatoms. The van der Waals surface area contributed by atoms with Crippen LogP contribution in [0.25, 0.3) is 0 Å². The fraction of sp³-hybridized carbons (Fsp3) is 0.850. The highest BCUT2D eigenvalue weighted by atomic mass is 16.7. The molecule has 3 aliphatic carbocycles. The summed E-state index contributed by atoms with van der Waals surface area (Å²) < 4.78 is 23.1. The van der Waals surface area contributed by atoms with Crippen LogP contribution in [-0.4, -0.2) is 44.3 Å². The molecule has 142 valence electrons. The quantitative estimate of drug-likeness (QED) is 0.275. The van der Waals surface area contributed by atoms with Crippen molar-refractivity contribution in [1.29, 1.82) is 0 Å². The minimum atomic E-state index is -0.582. The number of rotatable bonds is 9. The second-order valence-corrected chi connectivity index (χ2v) is 8.22. The minimum absolute atomic E-state index is 0.133. The fourth-order valence-corrected chi connectivity index (χ4v) is 6.39. The van der Waals surface area contributed by atoms with Crippen LogP contribution in [0.2, 0.25) is 0 Å². The van der Waals surface area contributed by atoms with Crippen LogP contribution in [0.15, 0.2) is 12.7 Å². The first-order valence-corrected chi connectivity index (χ1v) is 9.49. The third kappa shape index (κ3) is 2.75. The van der Waals surface area contributed by atoms with Crippen LogP contribution in [0.1, 0.15) is 52.4 Å². The summed E-state index contributed by atoms with van der Waals surface area (Å²) in [5.41, 5.74) is -0.957. The first kappa shape index (κ1) is 18.9. The van der Waals surface area contributed by atoms with Gasteiger partial charge in [0.15, 0.2) is 0 Å². The normalized spacial score (nSPS) is 36.4. The lowest BCUT2D eigenvalue weighted by Crippen LogP contribution is -2.62. The summed E-state index contributed by atoms with van der Waals surface area (Å²) in [6.07, 6.45) is 8.02. The SMILES string of the molecule is C=CC(=O)OC(C)(C)C12CCCC1(OCOCCOC)C1CCC2C1. The monoisotopic (exact) mass is 352 g/mol. The Kier molecular flexibility index (Phi) is 5.29. The van der Waals surface area contributed by atoms with Crippen molar-refractivity contribution in [2.24, 2.45) is 17.3 Å². The van der Waals surface area contributed by atoms with Gasteiger partial charge in [0, 0.05) is 18.6 Å². The van der Waals surface area contributed by atoms with E-state index in [1.165, 1.54) is 25.3 Å². The molecule has 0 N–H and O–H groups in total. The van der Waals surface area contributed by atoms with E-state index in [2.05, 4.69) is 20.4 Å². The molecule has 0 radical (unpaired) electrons. The van der Waals surface area contributed by atoms with Gasteiger partial charge in [-0.1, -0.05) is 6.58 Å². The van der Waals surface area contributed by atoms with E-state index in [0.29, 0.717) is 25.0 Å². The largest absolute Gasteiger partial charge is 0.456 e. The summed E-state index contributed by atoms with van der Waals surface area (Å²) >= 11 is 0. The molecule has 25 heavy (non-hydrogen) atoms. The molecule has 0 spiro atoms. The van der Waals surface area contributed by atoms with E-state index in [0.717, 1.165) is 19.3 Å². The van der Waals surface area contributed by atoms with Crippen molar-refractivity contribution in [2.75, 3.05) is 27.1 Å². The summed E-state index contributed by atoms with van der Waals surface area (Å²) in [5.74, 6) is 0.735. The van der Waals surface area contributed by atoms with Crippen LogP contribution in [0, 0.1) is 17.3 Å². The predicted octanol–water partition coefficient (Wildman–Crippen LogP) is 3.47. The molecule has 0 aromatic rings. The van der Waals surface area contributed by atoms with Crippen molar-refractivity contribution in [1.82, 2.24) is 0 Å². The first-order chi connectivity index (χ1) is 11.9. The van der Waals surface area contributed by atoms with Crippen molar-refractivity contribution in [3.63, 3.8) is 0 Å². The topological polar surface area (TPSA) is 54.0 Å². The smallest absolute Gasteiger partial charge is 0.330 e. The number of ether oxygens (including phenoxy) is 4. The molecule has 2 bridgehead atoms. The number of hydrogen-bond donors (Lipinski definition) is 0. The summed E-state index contributed by atoms with van der Waals surface area (Å²) in [5, 5.41) is 0. The molecule has 0 amide bonds. The van der Waals surface area contributed by atoms with E-state index >= 15 is 0 Å². The highest BCUT2D eigenvalue weighted by Crippen LogP contribution is 2.73. The Hall–Kier alpha value is -0.910. The molecule has 3 rings (SSSR count). The molecule has 0 aromatic carbocycles. The van der Waals surface area contributed by atoms with E-state index in [9.17, 15) is 4.79 Å². The van der Waals surface area contributed by atoms with Gasteiger partial charge in [-0.05, 0) is 64.2 Å². The summed E-state index contributed by atoms with van der Waals surface area (Å²) in [6, 6.07) is 0. The Morgan fingerprint density at radius 1 is 1.24 bits per heavy atom. The van der Waals surface area contributed by atoms with Gasteiger partial charge in [0.1, 0.15) is 12.4 Å². The number of hydrogen-bond acceptors (Lipinski definition) is 5. The lowest BCUT2D eigenvalue weighted by atomic mass is 9.57. The Bertz CT molecular complexity index is 516. The van der Waals surface area contributed by atoms with Gasteiger partial charge in [-0.15, -0.1) is 0 Å². The van der Waals surface area contributed by atoms with Crippen LogP contribution in [0.5, 0.6) is 0 Å². The summed E-state index contributed by atoms with van der Waals surface area (Å²) in [6.45, 7) is 9.05. The van der Waals surface area contributed by atoms with Crippen LogP contribution >= 0.6 is 0 Å². The average molecular weight is 352 g/mol. The zero-order valence-corrected chi connectivity index (χ0v) is 15.8. The van der Waals surface area contributed by atoms with Gasteiger partial charge < -0.3 is 18.9 Å². The molecule has 3 fully saturated rings. The van der Waals surface area contributed by atoms with E-state index in [1.54, 1.807) is 7.11 Å².